The Bertz CT molecular complexity index is 392. The lowest BCUT2D eigenvalue weighted by Gasteiger charge is -2.33. The highest BCUT2D eigenvalue weighted by Crippen LogP contribution is 2.19. The third-order valence-corrected chi connectivity index (χ3v) is 2.93. The van der Waals surface area contributed by atoms with Crippen LogP contribution in [0.1, 0.15) is 6.92 Å². The third kappa shape index (κ3) is 2.17. The maximum atomic E-state index is 11.9. The number of hydrogen-bond donors (Lipinski definition) is 1. The van der Waals surface area contributed by atoms with E-state index in [0.29, 0.717) is 12.2 Å². The lowest BCUT2D eigenvalue weighted by Crippen LogP contribution is -2.50. The van der Waals surface area contributed by atoms with Crippen LogP contribution in [0.15, 0.2) is 24.3 Å². The molecule has 0 aliphatic carbocycles. The van der Waals surface area contributed by atoms with Crippen LogP contribution in [0.4, 0.5) is 11.4 Å². The largest absolute Gasteiger partial charge is 0.399 e. The Morgan fingerprint density at radius 2 is 2.19 bits per heavy atom. The van der Waals surface area contributed by atoms with Gasteiger partial charge in [-0.1, -0.05) is 13.0 Å². The summed E-state index contributed by atoms with van der Waals surface area (Å²) in [6.45, 7) is 5.18. The molecule has 1 fully saturated rings. The number of nitrogens with zero attached hydrogens (tertiary/aromatic N) is 2. The number of nitrogens with two attached hydrogens (primary N) is 1. The fraction of sp³-hybridized carbons (Fsp3) is 0.417. The second-order valence-electron chi connectivity index (χ2n) is 4.01. The number of anilines is 2. The van der Waals surface area contributed by atoms with Gasteiger partial charge in [-0.25, -0.2) is 0 Å². The summed E-state index contributed by atoms with van der Waals surface area (Å²) in [7, 11) is 0. The van der Waals surface area contributed by atoms with Gasteiger partial charge < -0.3 is 10.6 Å². The molecule has 0 aromatic heterocycles. The molecule has 0 unspecified atom stereocenters. The first-order valence-corrected chi connectivity index (χ1v) is 5.59. The molecule has 4 nitrogen and oxygen atoms in total. The van der Waals surface area contributed by atoms with Crippen LogP contribution < -0.4 is 10.6 Å². The SMILES string of the molecule is CCN1CCN(c2cccc(N)c2)C(=O)C1. The molecule has 0 bridgehead atoms. The number of carbonyl (C=O) groups is 1. The Hall–Kier alpha value is -1.55. The molecule has 1 saturated heterocycles. The molecule has 1 aromatic carbocycles. The van der Waals surface area contributed by atoms with Crippen molar-refractivity contribution in [3.05, 3.63) is 24.3 Å². The Kier molecular flexibility index (Phi) is 3.10. The van der Waals surface area contributed by atoms with E-state index in [2.05, 4.69) is 11.8 Å². The van der Waals surface area contributed by atoms with Crippen LogP contribution in [0.3, 0.4) is 0 Å². The molecule has 2 N–H and O–H groups in total. The highest BCUT2D eigenvalue weighted by atomic mass is 16.2. The fourth-order valence-electron chi connectivity index (χ4n) is 1.96. The number of amides is 1. The van der Waals surface area contributed by atoms with Crippen molar-refractivity contribution >= 4 is 17.3 Å². The molecule has 1 aliphatic heterocycles. The number of benzene rings is 1. The molecular formula is C12H17N3O. The van der Waals surface area contributed by atoms with Crippen molar-refractivity contribution < 1.29 is 4.79 Å². The highest BCUT2D eigenvalue weighted by molar-refractivity contribution is 5.95. The zero-order chi connectivity index (χ0) is 11.5. The topological polar surface area (TPSA) is 49.6 Å². The Morgan fingerprint density at radius 3 is 2.81 bits per heavy atom. The minimum atomic E-state index is 0.152. The molecule has 0 radical (unpaired) electrons. The predicted molar refractivity (Wildman–Crippen MR) is 65.3 cm³/mol. The number of nitrogen functional groups attached to an aromatic ring is 1. The minimum absolute atomic E-state index is 0.152. The maximum absolute atomic E-state index is 11.9. The summed E-state index contributed by atoms with van der Waals surface area (Å²) in [6.07, 6.45) is 0. The summed E-state index contributed by atoms with van der Waals surface area (Å²) in [5.74, 6) is 0.152. The number of hydrogen-bond acceptors (Lipinski definition) is 3. The van der Waals surface area contributed by atoms with E-state index in [1.54, 1.807) is 0 Å². The van der Waals surface area contributed by atoms with Crippen LogP contribution in [-0.2, 0) is 4.79 Å². The molecule has 86 valence electrons. The van der Waals surface area contributed by atoms with Crippen LogP contribution in [-0.4, -0.2) is 37.0 Å². The normalized spacial score (nSPS) is 17.8. The van der Waals surface area contributed by atoms with Crippen LogP contribution in [0.2, 0.25) is 0 Å². The molecule has 1 aliphatic rings. The molecule has 1 amide bonds. The van der Waals surface area contributed by atoms with Crippen molar-refractivity contribution in [2.75, 3.05) is 36.8 Å². The maximum Gasteiger partial charge on any atom is 0.241 e. The Labute approximate surface area is 95.6 Å². The van der Waals surface area contributed by atoms with Crippen LogP contribution >= 0.6 is 0 Å². The van der Waals surface area contributed by atoms with E-state index in [-0.39, 0.29) is 5.91 Å². The van der Waals surface area contributed by atoms with Gasteiger partial charge in [-0.05, 0) is 24.7 Å². The van der Waals surface area contributed by atoms with Gasteiger partial charge in [0.25, 0.3) is 0 Å². The Morgan fingerprint density at radius 1 is 1.38 bits per heavy atom. The molecule has 0 atom stereocenters. The summed E-state index contributed by atoms with van der Waals surface area (Å²) >= 11 is 0. The van der Waals surface area contributed by atoms with Crippen LogP contribution in [0.25, 0.3) is 0 Å². The zero-order valence-electron chi connectivity index (χ0n) is 9.52. The average molecular weight is 219 g/mol. The van der Waals surface area contributed by atoms with Crippen molar-refractivity contribution in [1.29, 1.82) is 0 Å². The number of carbonyl (C=O) groups excluding carboxylic acids is 1. The van der Waals surface area contributed by atoms with E-state index >= 15 is 0 Å². The summed E-state index contributed by atoms with van der Waals surface area (Å²) in [5.41, 5.74) is 7.32. The van der Waals surface area contributed by atoms with Crippen molar-refractivity contribution in [1.82, 2.24) is 4.90 Å². The van der Waals surface area contributed by atoms with Gasteiger partial charge in [0, 0.05) is 24.5 Å². The third-order valence-electron chi connectivity index (χ3n) is 2.93. The number of likely N-dealkylation sites (N-methyl/N-ethyl adjacent to an activating group) is 1. The molecule has 0 spiro atoms. The van der Waals surface area contributed by atoms with Gasteiger partial charge >= 0.3 is 0 Å². The summed E-state index contributed by atoms with van der Waals surface area (Å²) in [6, 6.07) is 7.48. The van der Waals surface area contributed by atoms with E-state index in [4.69, 9.17) is 5.73 Å². The number of piperazine rings is 1. The van der Waals surface area contributed by atoms with Gasteiger partial charge in [-0.2, -0.15) is 0 Å². The fourth-order valence-corrected chi connectivity index (χ4v) is 1.96. The van der Waals surface area contributed by atoms with Gasteiger partial charge in [0.1, 0.15) is 0 Å². The average Bonchev–Trinajstić information content (AvgIpc) is 2.28. The van der Waals surface area contributed by atoms with Crippen molar-refractivity contribution in [2.45, 2.75) is 6.92 Å². The summed E-state index contributed by atoms with van der Waals surface area (Å²) in [5, 5.41) is 0. The van der Waals surface area contributed by atoms with Gasteiger partial charge in [0.15, 0.2) is 0 Å². The quantitative estimate of drug-likeness (QED) is 0.753. The second-order valence-corrected chi connectivity index (χ2v) is 4.01. The smallest absolute Gasteiger partial charge is 0.241 e. The second kappa shape index (κ2) is 4.53. The van der Waals surface area contributed by atoms with Gasteiger partial charge in [0.2, 0.25) is 5.91 Å². The first-order chi connectivity index (χ1) is 7.70. The first kappa shape index (κ1) is 11.0. The van der Waals surface area contributed by atoms with Gasteiger partial charge in [-0.3, -0.25) is 9.69 Å². The predicted octanol–water partition coefficient (Wildman–Crippen LogP) is 0.937. The standard InChI is InChI=1S/C12H17N3O/c1-2-14-6-7-15(12(16)9-14)11-5-3-4-10(13)8-11/h3-5,8H,2,6-7,9,13H2,1H3. The molecule has 1 aromatic rings. The highest BCUT2D eigenvalue weighted by Gasteiger charge is 2.23. The lowest BCUT2D eigenvalue weighted by atomic mass is 10.2. The lowest BCUT2D eigenvalue weighted by molar-refractivity contribution is -0.121. The van der Waals surface area contributed by atoms with Crippen molar-refractivity contribution in [3.8, 4) is 0 Å². The molecule has 2 rings (SSSR count). The molecule has 1 heterocycles. The molecule has 16 heavy (non-hydrogen) atoms. The summed E-state index contributed by atoms with van der Waals surface area (Å²) < 4.78 is 0. The number of rotatable bonds is 2. The zero-order valence-corrected chi connectivity index (χ0v) is 9.52. The van der Waals surface area contributed by atoms with E-state index < -0.39 is 0 Å². The van der Waals surface area contributed by atoms with Crippen molar-refractivity contribution in [2.24, 2.45) is 0 Å². The van der Waals surface area contributed by atoms with Gasteiger partial charge in [0.05, 0.1) is 6.54 Å². The Balaban J connectivity index is 2.14. The van der Waals surface area contributed by atoms with E-state index in [1.807, 2.05) is 29.2 Å². The first-order valence-electron chi connectivity index (χ1n) is 5.59. The molecule has 4 heteroatoms. The summed E-state index contributed by atoms with van der Waals surface area (Å²) in [4.78, 5) is 15.9. The van der Waals surface area contributed by atoms with E-state index in [0.717, 1.165) is 25.3 Å². The van der Waals surface area contributed by atoms with Gasteiger partial charge in [-0.15, -0.1) is 0 Å². The monoisotopic (exact) mass is 219 g/mol. The molecular weight excluding hydrogens is 202 g/mol. The van der Waals surface area contributed by atoms with Crippen LogP contribution in [0.5, 0.6) is 0 Å². The van der Waals surface area contributed by atoms with E-state index in [9.17, 15) is 4.79 Å². The van der Waals surface area contributed by atoms with Crippen LogP contribution in [0, 0.1) is 0 Å². The minimum Gasteiger partial charge on any atom is -0.399 e. The molecule has 0 saturated carbocycles. The van der Waals surface area contributed by atoms with Crippen molar-refractivity contribution in [3.63, 3.8) is 0 Å². The van der Waals surface area contributed by atoms with E-state index in [1.165, 1.54) is 0 Å².